The number of hydrogen-bond donors (Lipinski definition) is 1. The van der Waals surface area contributed by atoms with E-state index in [1.165, 1.54) is 17.5 Å². The first-order valence-electron chi connectivity index (χ1n) is 7.80. The van der Waals surface area contributed by atoms with Gasteiger partial charge in [0.15, 0.2) is 0 Å². The summed E-state index contributed by atoms with van der Waals surface area (Å²) in [4.78, 5) is 0. The largest absolute Gasteiger partial charge is 0.494 e. The molecule has 2 nitrogen and oxygen atoms in total. The molecule has 0 aliphatic heterocycles. The lowest BCUT2D eigenvalue weighted by atomic mass is 9.78. The van der Waals surface area contributed by atoms with E-state index in [0.717, 1.165) is 38.2 Å². The van der Waals surface area contributed by atoms with Gasteiger partial charge in [-0.15, -0.1) is 0 Å². The second-order valence-electron chi connectivity index (χ2n) is 5.91. The maximum Gasteiger partial charge on any atom is 0.119 e. The normalized spacial score (nSPS) is 20.2. The van der Waals surface area contributed by atoms with Crippen molar-refractivity contribution in [1.29, 1.82) is 0 Å². The number of fused-ring (bicyclic) bond motifs is 1. The molecular weight excluding hydrogens is 258 g/mol. The van der Waals surface area contributed by atoms with Crippen LogP contribution in [-0.4, -0.2) is 13.2 Å². The van der Waals surface area contributed by atoms with E-state index in [1.54, 1.807) is 0 Å². The maximum atomic E-state index is 6.14. The molecule has 21 heavy (non-hydrogen) atoms. The van der Waals surface area contributed by atoms with Crippen LogP contribution in [0, 0.1) is 0 Å². The van der Waals surface area contributed by atoms with Crippen LogP contribution < -0.4 is 10.5 Å². The molecule has 0 fully saturated rings. The van der Waals surface area contributed by atoms with E-state index in [4.69, 9.17) is 10.5 Å². The number of nitrogens with two attached hydrogens (primary N) is 1. The number of benzene rings is 2. The first kappa shape index (κ1) is 14.2. The minimum atomic E-state index is 0.163. The lowest BCUT2D eigenvalue weighted by Crippen LogP contribution is -2.33. The molecule has 1 aliphatic carbocycles. The summed E-state index contributed by atoms with van der Waals surface area (Å²) >= 11 is 0. The smallest absolute Gasteiger partial charge is 0.119 e. The van der Waals surface area contributed by atoms with Crippen LogP contribution >= 0.6 is 0 Å². The Bertz CT molecular complexity index is 581. The number of rotatable bonds is 6. The molecule has 0 aromatic heterocycles. The van der Waals surface area contributed by atoms with Crippen LogP contribution in [0.3, 0.4) is 0 Å². The highest BCUT2D eigenvalue weighted by atomic mass is 16.5. The highest BCUT2D eigenvalue weighted by molar-refractivity contribution is 5.39. The molecule has 0 radical (unpaired) electrons. The molecule has 0 heterocycles. The van der Waals surface area contributed by atoms with Gasteiger partial charge in [-0.05, 0) is 48.9 Å². The van der Waals surface area contributed by atoms with Crippen molar-refractivity contribution in [3.05, 3.63) is 65.7 Å². The predicted molar refractivity (Wildman–Crippen MR) is 86.7 cm³/mol. The Kier molecular flexibility index (Phi) is 4.26. The first-order chi connectivity index (χ1) is 10.3. The second kappa shape index (κ2) is 6.31. The molecule has 0 spiro atoms. The monoisotopic (exact) mass is 281 g/mol. The van der Waals surface area contributed by atoms with Crippen molar-refractivity contribution in [3.8, 4) is 5.75 Å². The average Bonchev–Trinajstić information content (AvgIpc) is 2.92. The second-order valence-corrected chi connectivity index (χ2v) is 5.91. The number of ether oxygens (including phenoxy) is 1. The summed E-state index contributed by atoms with van der Waals surface area (Å²) in [5.74, 6) is 0.950. The van der Waals surface area contributed by atoms with Crippen molar-refractivity contribution >= 4 is 0 Å². The third-order valence-corrected chi connectivity index (χ3v) is 4.66. The Morgan fingerprint density at radius 3 is 2.57 bits per heavy atom. The number of hydrogen-bond acceptors (Lipinski definition) is 2. The van der Waals surface area contributed by atoms with Crippen molar-refractivity contribution in [2.45, 2.75) is 31.1 Å². The lowest BCUT2D eigenvalue weighted by molar-refractivity contribution is 0.279. The molecule has 0 bridgehead atoms. The molecule has 3 rings (SSSR count). The average molecular weight is 281 g/mol. The molecule has 1 atom stereocenters. The zero-order valence-corrected chi connectivity index (χ0v) is 12.4. The Morgan fingerprint density at radius 2 is 1.76 bits per heavy atom. The Balaban J connectivity index is 1.59. The first-order valence-corrected chi connectivity index (χ1v) is 7.80. The summed E-state index contributed by atoms with van der Waals surface area (Å²) in [6.45, 7) is 1.49. The van der Waals surface area contributed by atoms with Crippen LogP contribution in [-0.2, 0) is 11.8 Å². The van der Waals surface area contributed by atoms with Gasteiger partial charge in [-0.25, -0.2) is 0 Å². The fourth-order valence-corrected chi connectivity index (χ4v) is 3.46. The van der Waals surface area contributed by atoms with Crippen molar-refractivity contribution in [3.63, 3.8) is 0 Å². The molecular formula is C19H23NO. The number of para-hydroxylation sites is 1. The van der Waals surface area contributed by atoms with Crippen LogP contribution in [0.2, 0.25) is 0 Å². The minimum absolute atomic E-state index is 0.163. The van der Waals surface area contributed by atoms with Gasteiger partial charge in [0.05, 0.1) is 6.61 Å². The van der Waals surface area contributed by atoms with E-state index >= 15 is 0 Å². The van der Waals surface area contributed by atoms with Crippen LogP contribution in [0.25, 0.3) is 0 Å². The molecule has 1 aliphatic rings. The van der Waals surface area contributed by atoms with E-state index in [1.807, 2.05) is 30.3 Å². The molecule has 2 aromatic rings. The van der Waals surface area contributed by atoms with Crippen molar-refractivity contribution in [1.82, 2.24) is 0 Å². The highest BCUT2D eigenvalue weighted by Crippen LogP contribution is 2.41. The molecule has 110 valence electrons. The Labute approximate surface area is 126 Å². The predicted octanol–water partition coefficient (Wildman–Crippen LogP) is 3.69. The fourth-order valence-electron chi connectivity index (χ4n) is 3.46. The van der Waals surface area contributed by atoms with Gasteiger partial charge < -0.3 is 10.5 Å². The van der Waals surface area contributed by atoms with Crippen LogP contribution in [0.5, 0.6) is 5.75 Å². The van der Waals surface area contributed by atoms with E-state index in [2.05, 4.69) is 24.3 Å². The van der Waals surface area contributed by atoms with Crippen LogP contribution in [0.15, 0.2) is 54.6 Å². The summed E-state index contributed by atoms with van der Waals surface area (Å²) in [5, 5.41) is 0. The third-order valence-electron chi connectivity index (χ3n) is 4.66. The van der Waals surface area contributed by atoms with E-state index in [0.29, 0.717) is 0 Å². The summed E-state index contributed by atoms with van der Waals surface area (Å²) in [5.41, 5.74) is 9.24. The quantitative estimate of drug-likeness (QED) is 0.820. The Hall–Kier alpha value is -1.80. The van der Waals surface area contributed by atoms with Gasteiger partial charge in [0, 0.05) is 12.0 Å². The van der Waals surface area contributed by atoms with E-state index in [9.17, 15) is 0 Å². The fraction of sp³-hybridized carbons (Fsp3) is 0.368. The SMILES string of the molecule is NCC1(CCCOc2ccccc2)CCc2ccccc21. The molecule has 2 N–H and O–H groups in total. The number of aryl methyl sites for hydroxylation is 1. The zero-order chi connectivity index (χ0) is 14.5. The van der Waals surface area contributed by atoms with Gasteiger partial charge in [-0.1, -0.05) is 42.5 Å². The lowest BCUT2D eigenvalue weighted by Gasteiger charge is -2.29. The van der Waals surface area contributed by atoms with Crippen LogP contribution in [0.4, 0.5) is 0 Å². The maximum absolute atomic E-state index is 6.14. The summed E-state index contributed by atoms with van der Waals surface area (Å²) in [6, 6.07) is 18.8. The summed E-state index contributed by atoms with van der Waals surface area (Å²) < 4.78 is 5.80. The van der Waals surface area contributed by atoms with Gasteiger partial charge in [-0.3, -0.25) is 0 Å². The van der Waals surface area contributed by atoms with E-state index in [-0.39, 0.29) is 5.41 Å². The van der Waals surface area contributed by atoms with Gasteiger partial charge in [0.1, 0.15) is 5.75 Å². The van der Waals surface area contributed by atoms with Gasteiger partial charge in [-0.2, -0.15) is 0 Å². The molecule has 0 saturated carbocycles. The molecule has 0 saturated heterocycles. The third kappa shape index (κ3) is 2.96. The topological polar surface area (TPSA) is 35.2 Å². The molecule has 1 unspecified atom stereocenters. The van der Waals surface area contributed by atoms with Gasteiger partial charge in [0.25, 0.3) is 0 Å². The van der Waals surface area contributed by atoms with E-state index < -0.39 is 0 Å². The Morgan fingerprint density at radius 1 is 1.00 bits per heavy atom. The van der Waals surface area contributed by atoms with Crippen molar-refractivity contribution in [2.24, 2.45) is 5.73 Å². The standard InChI is InChI=1S/C19H23NO/c20-15-19(13-11-16-7-4-5-10-18(16)19)12-6-14-21-17-8-2-1-3-9-17/h1-5,7-10H,6,11-15,20H2. The molecule has 0 amide bonds. The van der Waals surface area contributed by atoms with Gasteiger partial charge in [0.2, 0.25) is 0 Å². The summed E-state index contributed by atoms with van der Waals surface area (Å²) in [6.07, 6.45) is 4.48. The molecule has 2 heteroatoms. The van der Waals surface area contributed by atoms with Crippen molar-refractivity contribution < 1.29 is 4.74 Å². The molecule has 2 aromatic carbocycles. The van der Waals surface area contributed by atoms with Crippen LogP contribution in [0.1, 0.15) is 30.4 Å². The highest BCUT2D eigenvalue weighted by Gasteiger charge is 2.36. The van der Waals surface area contributed by atoms with Gasteiger partial charge >= 0.3 is 0 Å². The zero-order valence-electron chi connectivity index (χ0n) is 12.4. The summed E-state index contributed by atoms with van der Waals surface area (Å²) in [7, 11) is 0. The minimum Gasteiger partial charge on any atom is -0.494 e. The van der Waals surface area contributed by atoms with Crippen molar-refractivity contribution in [2.75, 3.05) is 13.2 Å².